The van der Waals surface area contributed by atoms with E-state index in [0.29, 0.717) is 12.5 Å². The van der Waals surface area contributed by atoms with Gasteiger partial charge in [0.15, 0.2) is 0 Å². The number of imidazole rings is 1. The van der Waals surface area contributed by atoms with Crippen molar-refractivity contribution in [3.8, 4) is 0 Å². The van der Waals surface area contributed by atoms with Gasteiger partial charge in [-0.2, -0.15) is 0 Å². The molecule has 4 rings (SSSR count). The molecule has 0 spiro atoms. The summed E-state index contributed by atoms with van der Waals surface area (Å²) in [7, 11) is -3.12. The quantitative estimate of drug-likeness (QED) is 0.727. The number of aromatic nitrogens is 4. The Kier molecular flexibility index (Phi) is 3.69. The van der Waals surface area contributed by atoms with Gasteiger partial charge in [-0.3, -0.25) is 0 Å². The van der Waals surface area contributed by atoms with Crippen LogP contribution in [0.4, 0.5) is 0 Å². The Labute approximate surface area is 139 Å². The largest absolute Gasteiger partial charge is 0.346 e. The van der Waals surface area contributed by atoms with Crippen molar-refractivity contribution in [1.82, 2.24) is 24.4 Å². The van der Waals surface area contributed by atoms with Gasteiger partial charge in [0.2, 0.25) is 10.0 Å². The summed E-state index contributed by atoms with van der Waals surface area (Å²) in [6.07, 6.45) is 8.61. The highest BCUT2D eigenvalue weighted by atomic mass is 32.2. The first kappa shape index (κ1) is 15.4. The number of rotatable bonds is 4. The molecular weight excluding hydrogens is 328 g/mol. The molecule has 0 amide bonds. The summed E-state index contributed by atoms with van der Waals surface area (Å²) < 4.78 is 27.2. The lowest BCUT2D eigenvalue weighted by atomic mass is 9.98. The summed E-state index contributed by atoms with van der Waals surface area (Å²) in [4.78, 5) is 12.0. The van der Waals surface area contributed by atoms with Crippen molar-refractivity contribution in [2.75, 3.05) is 30.9 Å². The Balaban J connectivity index is 1.54. The lowest BCUT2D eigenvalue weighted by Gasteiger charge is -2.34. The molecule has 1 fully saturated rings. The van der Waals surface area contributed by atoms with Crippen LogP contribution >= 0.6 is 0 Å². The summed E-state index contributed by atoms with van der Waals surface area (Å²) in [5.74, 6) is 0.375. The Hall–Kier alpha value is -2.13. The van der Waals surface area contributed by atoms with Crippen molar-refractivity contribution in [2.45, 2.75) is 12.8 Å². The van der Waals surface area contributed by atoms with Crippen molar-refractivity contribution in [2.24, 2.45) is 5.92 Å². The fourth-order valence-electron chi connectivity index (χ4n) is 3.32. The van der Waals surface area contributed by atoms with Crippen LogP contribution in [-0.2, 0) is 10.0 Å². The minimum absolute atomic E-state index is 0.375. The van der Waals surface area contributed by atoms with Crippen LogP contribution < -0.4 is 9.73 Å². The monoisotopic (exact) mass is 348 g/mol. The van der Waals surface area contributed by atoms with Gasteiger partial charge in [-0.15, -0.1) is 0 Å². The third-order valence-corrected chi connectivity index (χ3v) is 5.30. The molecule has 1 aliphatic rings. The summed E-state index contributed by atoms with van der Waals surface area (Å²) in [5.41, 5.74) is 2.80. The van der Waals surface area contributed by atoms with E-state index in [2.05, 4.69) is 29.4 Å². The fraction of sp³-hybridized carbons (Fsp3) is 0.467. The smallest absolute Gasteiger partial charge is 0.208 e. The van der Waals surface area contributed by atoms with E-state index in [0.717, 1.165) is 48.0 Å². The summed E-state index contributed by atoms with van der Waals surface area (Å²) in [6.45, 7) is 2.26. The molecule has 0 saturated carbocycles. The Morgan fingerprint density at radius 1 is 1.33 bits per heavy atom. The molecule has 0 bridgehead atoms. The average molecular weight is 348 g/mol. The Bertz CT molecular complexity index is 968. The zero-order valence-corrected chi connectivity index (χ0v) is 14.3. The van der Waals surface area contributed by atoms with Crippen molar-refractivity contribution >= 4 is 32.1 Å². The fourth-order valence-corrected chi connectivity index (χ4v) is 3.85. The third-order valence-electron chi connectivity index (χ3n) is 4.60. The van der Waals surface area contributed by atoms with Gasteiger partial charge >= 0.3 is 0 Å². The molecule has 128 valence electrons. The normalized spacial score (nSPS) is 17.1. The maximum absolute atomic E-state index is 11.2. The van der Waals surface area contributed by atoms with Gasteiger partial charge in [0.05, 0.1) is 12.5 Å². The van der Waals surface area contributed by atoms with Gasteiger partial charge in [-0.1, -0.05) is 0 Å². The highest BCUT2D eigenvalue weighted by Gasteiger charge is 2.22. The first-order valence-corrected chi connectivity index (χ1v) is 9.89. The van der Waals surface area contributed by atoms with E-state index in [-0.39, 0.29) is 0 Å². The second-order valence-corrected chi connectivity index (χ2v) is 8.17. The molecule has 0 aliphatic carbocycles. The van der Waals surface area contributed by atoms with Crippen molar-refractivity contribution in [3.05, 3.63) is 24.8 Å². The number of aromatic amines is 1. The standard InChI is InChI=1S/C15H20N6O2S/c1-24(22,23)19-8-11-3-6-20(7-4-11)21-10-18-13-9-17-15-12(14(13)21)2-5-16-15/h2,5,9-11,19H,3-4,6-8H2,1H3,(H,16,17). The zero-order chi connectivity index (χ0) is 16.7. The topological polar surface area (TPSA) is 95.9 Å². The number of pyridine rings is 1. The van der Waals surface area contributed by atoms with E-state index in [9.17, 15) is 8.42 Å². The minimum Gasteiger partial charge on any atom is -0.346 e. The second-order valence-electron chi connectivity index (χ2n) is 6.34. The van der Waals surface area contributed by atoms with Gasteiger partial charge in [-0.25, -0.2) is 27.8 Å². The molecule has 1 saturated heterocycles. The Morgan fingerprint density at radius 3 is 2.88 bits per heavy atom. The van der Waals surface area contributed by atoms with Gasteiger partial charge in [-0.05, 0) is 24.8 Å². The number of fused-ring (bicyclic) bond motifs is 3. The van der Waals surface area contributed by atoms with Gasteiger partial charge in [0.1, 0.15) is 23.0 Å². The second kappa shape index (κ2) is 5.75. The van der Waals surface area contributed by atoms with Crippen LogP contribution in [0.2, 0.25) is 0 Å². The van der Waals surface area contributed by atoms with Gasteiger partial charge in [0.25, 0.3) is 0 Å². The molecule has 0 atom stereocenters. The van der Waals surface area contributed by atoms with Crippen LogP contribution in [0, 0.1) is 5.92 Å². The molecule has 8 nitrogen and oxygen atoms in total. The van der Waals surface area contributed by atoms with Crippen LogP contribution in [0.3, 0.4) is 0 Å². The third kappa shape index (κ3) is 2.84. The van der Waals surface area contributed by atoms with E-state index in [4.69, 9.17) is 0 Å². The first-order chi connectivity index (χ1) is 11.5. The number of nitrogens with zero attached hydrogens (tertiary/aromatic N) is 4. The van der Waals surface area contributed by atoms with Crippen molar-refractivity contribution in [1.29, 1.82) is 0 Å². The summed E-state index contributed by atoms with van der Waals surface area (Å²) in [5, 5.41) is 3.32. The zero-order valence-electron chi connectivity index (χ0n) is 13.4. The van der Waals surface area contributed by atoms with E-state index < -0.39 is 10.0 Å². The molecule has 0 aromatic carbocycles. The predicted molar refractivity (Wildman–Crippen MR) is 92.9 cm³/mol. The first-order valence-electron chi connectivity index (χ1n) is 8.00. The van der Waals surface area contributed by atoms with Gasteiger partial charge < -0.3 is 9.99 Å². The lowest BCUT2D eigenvalue weighted by Crippen LogP contribution is -2.43. The maximum atomic E-state index is 11.2. The molecule has 24 heavy (non-hydrogen) atoms. The predicted octanol–water partition coefficient (Wildman–Crippen LogP) is 0.810. The van der Waals surface area contributed by atoms with Gasteiger partial charge in [0, 0.05) is 31.2 Å². The van der Waals surface area contributed by atoms with Crippen LogP contribution in [0.5, 0.6) is 0 Å². The maximum Gasteiger partial charge on any atom is 0.208 e. The van der Waals surface area contributed by atoms with E-state index in [1.165, 1.54) is 6.26 Å². The highest BCUT2D eigenvalue weighted by Crippen LogP contribution is 2.24. The molecule has 4 heterocycles. The number of hydrogen-bond acceptors (Lipinski definition) is 5. The van der Waals surface area contributed by atoms with Crippen molar-refractivity contribution < 1.29 is 8.42 Å². The molecule has 0 radical (unpaired) electrons. The summed E-state index contributed by atoms with van der Waals surface area (Å²) in [6, 6.07) is 2.02. The lowest BCUT2D eigenvalue weighted by molar-refractivity contribution is 0.365. The molecule has 3 aromatic heterocycles. The van der Waals surface area contributed by atoms with E-state index in [1.54, 1.807) is 6.20 Å². The molecule has 0 unspecified atom stereocenters. The summed E-state index contributed by atoms with van der Waals surface area (Å²) >= 11 is 0. The minimum atomic E-state index is -3.12. The highest BCUT2D eigenvalue weighted by molar-refractivity contribution is 7.88. The number of sulfonamides is 1. The molecular formula is C15H20N6O2S. The average Bonchev–Trinajstić information content (AvgIpc) is 3.18. The van der Waals surface area contributed by atoms with Crippen LogP contribution in [0.1, 0.15) is 12.8 Å². The molecule has 9 heteroatoms. The number of hydrogen-bond donors (Lipinski definition) is 2. The van der Waals surface area contributed by atoms with Crippen LogP contribution in [0.25, 0.3) is 22.1 Å². The molecule has 3 aromatic rings. The van der Waals surface area contributed by atoms with E-state index >= 15 is 0 Å². The van der Waals surface area contributed by atoms with Crippen LogP contribution in [0.15, 0.2) is 24.8 Å². The number of nitrogens with one attached hydrogen (secondary N) is 2. The van der Waals surface area contributed by atoms with E-state index in [1.807, 2.05) is 18.6 Å². The SMILES string of the molecule is CS(=O)(=O)NCC1CCN(n2cnc3cnc4[nH]ccc4c32)CC1. The number of H-pyrrole nitrogens is 1. The van der Waals surface area contributed by atoms with Crippen molar-refractivity contribution in [3.63, 3.8) is 0 Å². The number of piperidine rings is 1. The Morgan fingerprint density at radius 2 is 2.12 bits per heavy atom. The molecule has 2 N–H and O–H groups in total. The molecule has 1 aliphatic heterocycles. The van der Waals surface area contributed by atoms with Crippen LogP contribution in [-0.4, -0.2) is 53.9 Å².